The summed E-state index contributed by atoms with van der Waals surface area (Å²) in [4.78, 5) is 12.0. The number of benzene rings is 1. The topological polar surface area (TPSA) is 55.1 Å². The number of hydrogen-bond acceptors (Lipinski definition) is 2. The molecule has 0 unspecified atom stereocenters. The molecule has 0 saturated heterocycles. The normalized spacial score (nSPS) is 23.7. The summed E-state index contributed by atoms with van der Waals surface area (Å²) in [6.45, 7) is 2.04. The van der Waals surface area contributed by atoms with Crippen molar-refractivity contribution in [3.63, 3.8) is 0 Å². The van der Waals surface area contributed by atoms with Gasteiger partial charge in [0.25, 0.3) is 0 Å². The largest absolute Gasteiger partial charge is 0.352 e. The highest BCUT2D eigenvalue weighted by Crippen LogP contribution is 2.17. The minimum atomic E-state index is 0.0895. The number of hydrogen-bond donors (Lipinski definition) is 2. The van der Waals surface area contributed by atoms with Gasteiger partial charge in [0.1, 0.15) is 0 Å². The first-order valence-corrected chi connectivity index (χ1v) is 6.76. The van der Waals surface area contributed by atoms with Crippen LogP contribution < -0.4 is 11.1 Å². The van der Waals surface area contributed by atoms with Crippen molar-refractivity contribution >= 4 is 5.91 Å². The number of carbonyl (C=O) groups is 1. The van der Waals surface area contributed by atoms with Crippen LogP contribution in [0.15, 0.2) is 24.3 Å². The summed E-state index contributed by atoms with van der Waals surface area (Å²) in [7, 11) is 0. The molecule has 0 spiro atoms. The van der Waals surface area contributed by atoms with Crippen molar-refractivity contribution in [1.29, 1.82) is 0 Å². The molecular formula is C15H22N2O. The number of rotatable bonds is 3. The first-order chi connectivity index (χ1) is 8.66. The number of nitrogens with one attached hydrogen (secondary N) is 1. The molecule has 2 atom stereocenters. The standard InChI is InChI=1S/C15H22N2O/c1-11-6-2-3-7-12(11)10-15(18)17-14-9-5-4-8-13(14)16/h2-3,6-7,13-14H,4-5,8-10,16H2,1H3,(H,17,18)/t13-,14-/m1/s1. The number of aryl methyl sites for hydroxylation is 1. The number of carbonyl (C=O) groups excluding carboxylic acids is 1. The maximum Gasteiger partial charge on any atom is 0.224 e. The molecular weight excluding hydrogens is 224 g/mol. The Hall–Kier alpha value is -1.35. The van der Waals surface area contributed by atoms with Crippen LogP contribution in [0.2, 0.25) is 0 Å². The minimum Gasteiger partial charge on any atom is -0.352 e. The molecule has 0 bridgehead atoms. The van der Waals surface area contributed by atoms with Gasteiger partial charge in [0, 0.05) is 12.1 Å². The summed E-state index contributed by atoms with van der Waals surface area (Å²) in [5.41, 5.74) is 8.30. The maximum atomic E-state index is 12.0. The molecule has 0 aromatic heterocycles. The van der Waals surface area contributed by atoms with Crippen LogP contribution in [0.3, 0.4) is 0 Å². The van der Waals surface area contributed by atoms with E-state index in [1.807, 2.05) is 31.2 Å². The van der Waals surface area contributed by atoms with E-state index in [-0.39, 0.29) is 18.0 Å². The molecule has 3 heteroatoms. The number of amides is 1. The monoisotopic (exact) mass is 246 g/mol. The summed E-state index contributed by atoms with van der Waals surface area (Å²) >= 11 is 0. The van der Waals surface area contributed by atoms with Gasteiger partial charge in [0.05, 0.1) is 6.42 Å². The van der Waals surface area contributed by atoms with Gasteiger partial charge in [-0.2, -0.15) is 0 Å². The smallest absolute Gasteiger partial charge is 0.224 e. The first-order valence-electron chi connectivity index (χ1n) is 6.76. The van der Waals surface area contributed by atoms with E-state index in [1.54, 1.807) is 0 Å². The Labute approximate surface area is 109 Å². The van der Waals surface area contributed by atoms with E-state index in [9.17, 15) is 4.79 Å². The number of nitrogens with two attached hydrogens (primary N) is 1. The second kappa shape index (κ2) is 6.01. The zero-order valence-electron chi connectivity index (χ0n) is 11.0. The van der Waals surface area contributed by atoms with Gasteiger partial charge in [-0.25, -0.2) is 0 Å². The third kappa shape index (κ3) is 3.33. The lowest BCUT2D eigenvalue weighted by Crippen LogP contribution is -2.49. The summed E-state index contributed by atoms with van der Waals surface area (Å²) in [5.74, 6) is 0.0895. The molecule has 1 aromatic carbocycles. The predicted octanol–water partition coefficient (Wildman–Crippen LogP) is 1.92. The fraction of sp³-hybridized carbons (Fsp3) is 0.533. The summed E-state index contributed by atoms with van der Waals surface area (Å²) in [6.07, 6.45) is 4.85. The van der Waals surface area contributed by atoms with Crippen molar-refractivity contribution in [3.05, 3.63) is 35.4 Å². The average molecular weight is 246 g/mol. The minimum absolute atomic E-state index is 0.0895. The van der Waals surface area contributed by atoms with E-state index < -0.39 is 0 Å². The van der Waals surface area contributed by atoms with Gasteiger partial charge in [0.2, 0.25) is 5.91 Å². The molecule has 1 aliphatic rings. The van der Waals surface area contributed by atoms with Crippen molar-refractivity contribution in [2.75, 3.05) is 0 Å². The van der Waals surface area contributed by atoms with Crippen LogP contribution in [0.1, 0.15) is 36.8 Å². The van der Waals surface area contributed by atoms with Gasteiger partial charge in [-0.15, -0.1) is 0 Å². The highest BCUT2D eigenvalue weighted by molar-refractivity contribution is 5.79. The molecule has 0 heterocycles. The Bertz CT molecular complexity index is 417. The molecule has 1 aromatic rings. The van der Waals surface area contributed by atoms with Crippen LogP contribution in [0.4, 0.5) is 0 Å². The molecule has 98 valence electrons. The molecule has 0 aliphatic heterocycles. The summed E-state index contributed by atoms with van der Waals surface area (Å²) in [6, 6.07) is 8.30. The van der Waals surface area contributed by atoms with Gasteiger partial charge in [-0.3, -0.25) is 4.79 Å². The Morgan fingerprint density at radius 2 is 2.06 bits per heavy atom. The quantitative estimate of drug-likeness (QED) is 0.856. The van der Waals surface area contributed by atoms with E-state index in [0.29, 0.717) is 6.42 Å². The molecule has 3 nitrogen and oxygen atoms in total. The lowest BCUT2D eigenvalue weighted by atomic mass is 9.91. The first kappa shape index (κ1) is 13.1. The van der Waals surface area contributed by atoms with Gasteiger partial charge in [-0.1, -0.05) is 37.1 Å². The molecule has 18 heavy (non-hydrogen) atoms. The van der Waals surface area contributed by atoms with Crippen LogP contribution in [-0.4, -0.2) is 18.0 Å². The van der Waals surface area contributed by atoms with Crippen molar-refractivity contribution < 1.29 is 4.79 Å². The van der Waals surface area contributed by atoms with Crippen LogP contribution in [0, 0.1) is 6.92 Å². The second-order valence-corrected chi connectivity index (χ2v) is 5.23. The fourth-order valence-corrected chi connectivity index (χ4v) is 2.58. The van der Waals surface area contributed by atoms with Crippen LogP contribution in [-0.2, 0) is 11.2 Å². The zero-order valence-corrected chi connectivity index (χ0v) is 11.0. The zero-order chi connectivity index (χ0) is 13.0. The van der Waals surface area contributed by atoms with E-state index in [0.717, 1.165) is 18.4 Å². The lowest BCUT2D eigenvalue weighted by Gasteiger charge is -2.29. The molecule has 1 amide bonds. The Morgan fingerprint density at radius 3 is 2.78 bits per heavy atom. The van der Waals surface area contributed by atoms with Gasteiger partial charge in [0.15, 0.2) is 0 Å². The SMILES string of the molecule is Cc1ccccc1CC(=O)N[C@@H]1CCCC[C@H]1N. The fourth-order valence-electron chi connectivity index (χ4n) is 2.58. The van der Waals surface area contributed by atoms with Crippen molar-refractivity contribution in [2.24, 2.45) is 5.73 Å². The van der Waals surface area contributed by atoms with Gasteiger partial charge < -0.3 is 11.1 Å². The molecule has 1 saturated carbocycles. The third-order valence-corrected chi connectivity index (χ3v) is 3.78. The summed E-state index contributed by atoms with van der Waals surface area (Å²) in [5, 5.41) is 3.08. The Morgan fingerprint density at radius 1 is 1.33 bits per heavy atom. The van der Waals surface area contributed by atoms with Crippen LogP contribution >= 0.6 is 0 Å². The highest BCUT2D eigenvalue weighted by Gasteiger charge is 2.23. The molecule has 1 aliphatic carbocycles. The van der Waals surface area contributed by atoms with Gasteiger partial charge >= 0.3 is 0 Å². The maximum absolute atomic E-state index is 12.0. The Balaban J connectivity index is 1.90. The van der Waals surface area contributed by atoms with E-state index >= 15 is 0 Å². The van der Waals surface area contributed by atoms with E-state index in [4.69, 9.17) is 5.73 Å². The predicted molar refractivity (Wildman–Crippen MR) is 73.3 cm³/mol. The Kier molecular flexibility index (Phi) is 4.37. The van der Waals surface area contributed by atoms with E-state index in [2.05, 4.69) is 5.32 Å². The van der Waals surface area contributed by atoms with Gasteiger partial charge in [-0.05, 0) is 30.9 Å². The average Bonchev–Trinajstić information content (AvgIpc) is 2.35. The van der Waals surface area contributed by atoms with Crippen LogP contribution in [0.25, 0.3) is 0 Å². The van der Waals surface area contributed by atoms with E-state index in [1.165, 1.54) is 18.4 Å². The molecule has 1 fully saturated rings. The second-order valence-electron chi connectivity index (χ2n) is 5.23. The molecule has 2 rings (SSSR count). The van der Waals surface area contributed by atoms with Crippen molar-refractivity contribution in [3.8, 4) is 0 Å². The van der Waals surface area contributed by atoms with Crippen molar-refractivity contribution in [2.45, 2.75) is 51.1 Å². The van der Waals surface area contributed by atoms with Crippen LogP contribution in [0.5, 0.6) is 0 Å². The molecule has 3 N–H and O–H groups in total. The third-order valence-electron chi connectivity index (χ3n) is 3.78. The molecule has 0 radical (unpaired) electrons. The summed E-state index contributed by atoms with van der Waals surface area (Å²) < 4.78 is 0. The lowest BCUT2D eigenvalue weighted by molar-refractivity contribution is -0.121. The highest BCUT2D eigenvalue weighted by atomic mass is 16.1. The van der Waals surface area contributed by atoms with Crippen molar-refractivity contribution in [1.82, 2.24) is 5.32 Å².